The Kier molecular flexibility index (Phi) is 7.74. The summed E-state index contributed by atoms with van der Waals surface area (Å²) in [6.07, 6.45) is 11.5. The van der Waals surface area contributed by atoms with Gasteiger partial charge in [-0.1, -0.05) is 68.9 Å². The van der Waals surface area contributed by atoms with E-state index in [2.05, 4.69) is 29.3 Å². The number of rotatable bonds is 6. The third-order valence-electron chi connectivity index (χ3n) is 8.22. The Balaban J connectivity index is 1.47. The first kappa shape index (κ1) is 24.3. The molecule has 1 heterocycles. The first-order chi connectivity index (χ1) is 17.2. The Morgan fingerprint density at radius 2 is 1.54 bits per heavy atom. The molecule has 5 rings (SSSR count). The van der Waals surface area contributed by atoms with Crippen LogP contribution in [0.15, 0.2) is 48.5 Å². The lowest BCUT2D eigenvalue weighted by atomic mass is 9.87. The lowest BCUT2D eigenvalue weighted by Crippen LogP contribution is -2.49. The normalized spacial score (nSPS) is 25.9. The zero-order valence-electron chi connectivity index (χ0n) is 21.2. The fraction of sp³-hybridized carbons (Fsp3) is 0.567. The number of benzene rings is 2. The highest BCUT2D eigenvalue weighted by molar-refractivity contribution is 5.96. The molecule has 5 heteroatoms. The van der Waals surface area contributed by atoms with Gasteiger partial charge in [0.05, 0.1) is 7.11 Å². The zero-order valence-corrected chi connectivity index (χ0v) is 21.2. The van der Waals surface area contributed by atoms with Crippen molar-refractivity contribution in [1.82, 2.24) is 10.2 Å². The van der Waals surface area contributed by atoms with Crippen LogP contribution in [-0.4, -0.2) is 36.0 Å². The molecule has 0 unspecified atom stereocenters. The fourth-order valence-electron chi connectivity index (χ4n) is 6.37. The monoisotopic (exact) mass is 476 g/mol. The zero-order chi connectivity index (χ0) is 24.2. The third kappa shape index (κ3) is 5.26. The molecule has 3 aliphatic rings. The van der Waals surface area contributed by atoms with Gasteiger partial charge in [-0.2, -0.15) is 0 Å². The third-order valence-corrected chi connectivity index (χ3v) is 8.22. The number of methoxy groups -OCH3 is 1. The van der Waals surface area contributed by atoms with Crippen molar-refractivity contribution in [1.29, 1.82) is 0 Å². The molecule has 2 aliphatic carbocycles. The highest BCUT2D eigenvalue weighted by Gasteiger charge is 2.38. The number of nitrogens with one attached hydrogen (secondary N) is 1. The summed E-state index contributed by atoms with van der Waals surface area (Å²) in [6, 6.07) is 17.0. The van der Waals surface area contributed by atoms with Crippen LogP contribution in [0.5, 0.6) is 5.75 Å². The molecule has 2 saturated carbocycles. The van der Waals surface area contributed by atoms with Crippen LogP contribution in [0, 0.1) is 0 Å². The van der Waals surface area contributed by atoms with Gasteiger partial charge in [0.2, 0.25) is 0 Å². The van der Waals surface area contributed by atoms with E-state index in [1.807, 2.05) is 36.4 Å². The predicted molar refractivity (Wildman–Crippen MR) is 139 cm³/mol. The van der Waals surface area contributed by atoms with E-state index in [0.29, 0.717) is 12.1 Å². The molecule has 5 nitrogen and oxygen atoms in total. The van der Waals surface area contributed by atoms with Crippen molar-refractivity contribution in [3.63, 3.8) is 0 Å². The van der Waals surface area contributed by atoms with Crippen molar-refractivity contribution in [2.45, 2.75) is 102 Å². The number of ether oxygens (including phenoxy) is 2. The van der Waals surface area contributed by atoms with Gasteiger partial charge in [0, 0.05) is 29.3 Å². The van der Waals surface area contributed by atoms with Gasteiger partial charge < -0.3 is 14.4 Å². The summed E-state index contributed by atoms with van der Waals surface area (Å²) in [6.45, 7) is 2.15. The molecular formula is C30H40N2O3. The van der Waals surface area contributed by atoms with E-state index in [4.69, 9.17) is 9.47 Å². The van der Waals surface area contributed by atoms with Gasteiger partial charge in [0.25, 0.3) is 5.91 Å². The first-order valence-corrected chi connectivity index (χ1v) is 13.6. The Morgan fingerprint density at radius 3 is 2.14 bits per heavy atom. The van der Waals surface area contributed by atoms with Crippen molar-refractivity contribution in [2.24, 2.45) is 0 Å². The smallest absolute Gasteiger partial charge is 0.254 e. The Bertz CT molecular complexity index is 964. The second kappa shape index (κ2) is 11.1. The number of amides is 1. The molecule has 0 radical (unpaired) electrons. The lowest BCUT2D eigenvalue weighted by Gasteiger charge is -2.42. The summed E-state index contributed by atoms with van der Waals surface area (Å²) in [5, 5.41) is 3.61. The van der Waals surface area contributed by atoms with Crippen LogP contribution in [0.2, 0.25) is 0 Å². The number of nitrogens with zero attached hydrogens (tertiary/aromatic N) is 1. The van der Waals surface area contributed by atoms with Crippen molar-refractivity contribution >= 4 is 5.91 Å². The molecule has 3 fully saturated rings. The standard InChI is InChI=1S/C30H40N2O3/c1-21-28(22-12-6-3-7-13-22)35-29(31-21)27-20-25(34-2)18-19-26(27)30(33)32(23-14-8-4-9-15-23)24-16-10-5-11-17-24/h3,6-7,12-13,18-21,23-24,28-29,31H,4-5,8-11,14-17H2,1-2H3/t21-,28-,29-/m0/s1. The summed E-state index contributed by atoms with van der Waals surface area (Å²) in [5.41, 5.74) is 2.79. The van der Waals surface area contributed by atoms with Gasteiger partial charge >= 0.3 is 0 Å². The van der Waals surface area contributed by atoms with E-state index in [1.54, 1.807) is 7.11 Å². The number of hydrogen-bond donors (Lipinski definition) is 1. The summed E-state index contributed by atoms with van der Waals surface area (Å²) < 4.78 is 12.1. The highest BCUT2D eigenvalue weighted by Crippen LogP contribution is 2.39. The van der Waals surface area contributed by atoms with Gasteiger partial charge in [-0.05, 0) is 56.4 Å². The van der Waals surface area contributed by atoms with Gasteiger partial charge in [-0.25, -0.2) is 0 Å². The Morgan fingerprint density at radius 1 is 0.914 bits per heavy atom. The maximum atomic E-state index is 14.4. The van der Waals surface area contributed by atoms with Crippen LogP contribution >= 0.6 is 0 Å². The average Bonchev–Trinajstić information content (AvgIpc) is 3.31. The van der Waals surface area contributed by atoms with Gasteiger partial charge in [-0.15, -0.1) is 0 Å². The quantitative estimate of drug-likeness (QED) is 0.514. The maximum Gasteiger partial charge on any atom is 0.254 e. The predicted octanol–water partition coefficient (Wildman–Crippen LogP) is 6.55. The molecule has 1 aliphatic heterocycles. The molecule has 0 spiro atoms. The number of carbonyl (C=O) groups excluding carboxylic acids is 1. The molecule has 2 aromatic rings. The van der Waals surface area contributed by atoms with Crippen LogP contribution in [0.3, 0.4) is 0 Å². The Labute approximate surface area is 210 Å². The molecule has 0 bridgehead atoms. The number of hydrogen-bond acceptors (Lipinski definition) is 4. The second-order valence-electron chi connectivity index (χ2n) is 10.6. The Hall–Kier alpha value is -2.37. The highest BCUT2D eigenvalue weighted by atomic mass is 16.5. The molecule has 3 atom stereocenters. The largest absolute Gasteiger partial charge is 0.497 e. The van der Waals surface area contributed by atoms with E-state index >= 15 is 0 Å². The van der Waals surface area contributed by atoms with Gasteiger partial charge in [-0.3, -0.25) is 10.1 Å². The van der Waals surface area contributed by atoms with Crippen molar-refractivity contribution in [2.75, 3.05) is 7.11 Å². The van der Waals surface area contributed by atoms with Gasteiger partial charge in [0.15, 0.2) is 0 Å². The summed E-state index contributed by atoms with van der Waals surface area (Å²) in [7, 11) is 1.68. The molecule has 35 heavy (non-hydrogen) atoms. The minimum absolute atomic E-state index is 0.0665. The molecule has 1 saturated heterocycles. The maximum absolute atomic E-state index is 14.4. The summed E-state index contributed by atoms with van der Waals surface area (Å²) >= 11 is 0. The molecule has 1 N–H and O–H groups in total. The van der Waals surface area contributed by atoms with Gasteiger partial charge in [0.1, 0.15) is 18.1 Å². The number of carbonyl (C=O) groups is 1. The van der Waals surface area contributed by atoms with E-state index in [1.165, 1.54) is 38.5 Å². The molecular weight excluding hydrogens is 436 g/mol. The van der Waals surface area contributed by atoms with Crippen LogP contribution in [0.1, 0.15) is 105 Å². The first-order valence-electron chi connectivity index (χ1n) is 13.6. The SMILES string of the molecule is COc1ccc(C(=O)N(C2CCCCC2)C2CCCCC2)c([C@H]2N[C@@H](C)[C@@H](c3ccccc3)O2)c1. The van der Waals surface area contributed by atoms with E-state index in [0.717, 1.165) is 48.1 Å². The summed E-state index contributed by atoms with van der Waals surface area (Å²) in [5.74, 6) is 0.919. The van der Waals surface area contributed by atoms with E-state index in [-0.39, 0.29) is 24.3 Å². The molecule has 1 amide bonds. The second-order valence-corrected chi connectivity index (χ2v) is 10.6. The molecule has 188 valence electrons. The minimum atomic E-state index is -0.358. The topological polar surface area (TPSA) is 50.8 Å². The van der Waals surface area contributed by atoms with Crippen LogP contribution in [-0.2, 0) is 4.74 Å². The molecule has 2 aromatic carbocycles. The van der Waals surface area contributed by atoms with E-state index < -0.39 is 0 Å². The van der Waals surface area contributed by atoms with Crippen molar-refractivity contribution in [3.05, 3.63) is 65.2 Å². The minimum Gasteiger partial charge on any atom is -0.497 e. The summed E-state index contributed by atoms with van der Waals surface area (Å²) in [4.78, 5) is 16.6. The average molecular weight is 477 g/mol. The van der Waals surface area contributed by atoms with Crippen LogP contribution in [0.4, 0.5) is 0 Å². The van der Waals surface area contributed by atoms with E-state index in [9.17, 15) is 4.79 Å². The lowest BCUT2D eigenvalue weighted by molar-refractivity contribution is 0.0322. The molecule has 0 aromatic heterocycles. The van der Waals surface area contributed by atoms with Crippen LogP contribution < -0.4 is 10.1 Å². The van der Waals surface area contributed by atoms with Crippen molar-refractivity contribution < 1.29 is 14.3 Å². The van der Waals surface area contributed by atoms with Crippen LogP contribution in [0.25, 0.3) is 0 Å². The fourth-order valence-corrected chi connectivity index (χ4v) is 6.37. The van der Waals surface area contributed by atoms with Crippen molar-refractivity contribution in [3.8, 4) is 5.75 Å².